The number of likely N-dealkylation sites (tertiary alicyclic amines) is 1. The minimum atomic E-state index is -4.48. The van der Waals surface area contributed by atoms with Crippen LogP contribution in [0.3, 0.4) is 0 Å². The summed E-state index contributed by atoms with van der Waals surface area (Å²) in [5, 5.41) is 0. The van der Waals surface area contributed by atoms with E-state index in [1.54, 1.807) is 0 Å². The Hall–Kier alpha value is -2.85. The van der Waals surface area contributed by atoms with E-state index in [2.05, 4.69) is 4.90 Å². The Labute approximate surface area is 230 Å². The topological polar surface area (TPSA) is 62.3 Å². The highest BCUT2D eigenvalue weighted by atomic mass is 19.4. The molecule has 1 atom stereocenters. The van der Waals surface area contributed by atoms with Crippen molar-refractivity contribution in [1.82, 2.24) is 14.7 Å². The summed E-state index contributed by atoms with van der Waals surface area (Å²) in [7, 11) is 7.09. The van der Waals surface area contributed by atoms with Crippen molar-refractivity contribution in [2.24, 2.45) is 0 Å². The molecule has 0 aromatic heterocycles. The molecule has 7 nitrogen and oxygen atoms in total. The summed E-state index contributed by atoms with van der Waals surface area (Å²) in [6.07, 6.45) is 0.162. The van der Waals surface area contributed by atoms with Crippen LogP contribution in [0.1, 0.15) is 56.6 Å². The molecule has 1 saturated heterocycles. The molecular weight excluding hydrogens is 511 g/mol. The molecule has 0 N–H and O–H groups in total. The summed E-state index contributed by atoms with van der Waals surface area (Å²) in [6.45, 7) is 3.68. The standard InChI is InChI=1S/C28H38F3N3O4.CH4/c1-32(2)16-12-23-22(18-38-19-35)25(20-8-10-21(11-9-20)28(29,30)31)26(27(36)37-4)24(33(23)3)13-17-34-14-6-5-7-15-34;/h8-11,19,25H,5-7,12-18H2,1-4H3;1H4. The molecule has 10 heteroatoms. The summed E-state index contributed by atoms with van der Waals surface area (Å²) >= 11 is 0. The zero-order valence-electron chi connectivity index (χ0n) is 22.6. The van der Waals surface area contributed by atoms with Crippen molar-refractivity contribution >= 4 is 12.4 Å². The van der Waals surface area contributed by atoms with Gasteiger partial charge in [0, 0.05) is 50.3 Å². The van der Waals surface area contributed by atoms with Crippen molar-refractivity contribution in [3.63, 3.8) is 0 Å². The molecule has 39 heavy (non-hydrogen) atoms. The Morgan fingerprint density at radius 2 is 1.72 bits per heavy atom. The third kappa shape index (κ3) is 8.08. The number of halogens is 3. The Bertz CT molecular complexity index is 1030. The molecule has 1 aromatic carbocycles. The number of esters is 1. The second kappa shape index (κ2) is 14.5. The maximum Gasteiger partial charge on any atom is 0.416 e. The molecule has 0 radical (unpaired) electrons. The lowest BCUT2D eigenvalue weighted by Crippen LogP contribution is -2.37. The molecule has 0 amide bonds. The lowest BCUT2D eigenvalue weighted by atomic mass is 9.78. The lowest BCUT2D eigenvalue weighted by Gasteiger charge is -2.40. The Morgan fingerprint density at radius 3 is 2.26 bits per heavy atom. The van der Waals surface area contributed by atoms with Gasteiger partial charge in [0.2, 0.25) is 0 Å². The number of rotatable bonds is 11. The summed E-state index contributed by atoms with van der Waals surface area (Å²) in [5.74, 6) is -1.26. The lowest BCUT2D eigenvalue weighted by molar-refractivity contribution is -0.138. The van der Waals surface area contributed by atoms with Gasteiger partial charge >= 0.3 is 12.1 Å². The van der Waals surface area contributed by atoms with Crippen LogP contribution in [0.15, 0.2) is 46.8 Å². The molecule has 2 aliphatic heterocycles. The van der Waals surface area contributed by atoms with Gasteiger partial charge in [-0.25, -0.2) is 4.79 Å². The van der Waals surface area contributed by atoms with Crippen LogP contribution in [0.2, 0.25) is 0 Å². The van der Waals surface area contributed by atoms with Crippen LogP contribution in [0.25, 0.3) is 0 Å². The minimum absolute atomic E-state index is 0. The fourth-order valence-corrected chi connectivity index (χ4v) is 5.34. The zero-order valence-corrected chi connectivity index (χ0v) is 22.6. The van der Waals surface area contributed by atoms with Gasteiger partial charge in [-0.3, -0.25) is 4.79 Å². The van der Waals surface area contributed by atoms with Crippen molar-refractivity contribution in [1.29, 1.82) is 0 Å². The number of carbonyl (C=O) groups is 2. The normalized spacial score (nSPS) is 18.8. The molecule has 3 rings (SSSR count). The molecule has 218 valence electrons. The SMILES string of the molecule is C.COC(=O)C1=C(CCN2CCCCC2)N(C)C(CCN(C)C)=C(COC=O)C1c1ccc(C(F)(F)F)cc1. The molecule has 0 saturated carbocycles. The number of benzene rings is 1. The number of hydrogen-bond acceptors (Lipinski definition) is 7. The minimum Gasteiger partial charge on any atom is -0.466 e. The highest BCUT2D eigenvalue weighted by Gasteiger charge is 2.39. The fraction of sp³-hybridized carbons (Fsp3) is 0.586. The predicted octanol–water partition coefficient (Wildman–Crippen LogP) is 5.05. The number of methoxy groups -OCH3 is 1. The molecule has 0 aliphatic carbocycles. The van der Waals surface area contributed by atoms with Crippen LogP contribution in [0.4, 0.5) is 13.2 Å². The summed E-state index contributed by atoms with van der Waals surface area (Å²) in [4.78, 5) is 30.9. The third-order valence-electron chi connectivity index (χ3n) is 7.32. The predicted molar refractivity (Wildman–Crippen MR) is 145 cm³/mol. The van der Waals surface area contributed by atoms with Gasteiger partial charge in [0.25, 0.3) is 6.47 Å². The van der Waals surface area contributed by atoms with E-state index >= 15 is 0 Å². The van der Waals surface area contributed by atoms with Gasteiger partial charge in [-0.15, -0.1) is 0 Å². The van der Waals surface area contributed by atoms with Crippen molar-refractivity contribution in [3.05, 3.63) is 57.9 Å². The van der Waals surface area contributed by atoms with E-state index in [1.165, 1.54) is 25.7 Å². The van der Waals surface area contributed by atoms with Crippen molar-refractivity contribution < 1.29 is 32.2 Å². The van der Waals surface area contributed by atoms with E-state index in [0.29, 0.717) is 42.6 Å². The molecule has 0 bridgehead atoms. The van der Waals surface area contributed by atoms with Gasteiger partial charge in [-0.05, 0) is 63.3 Å². The molecular formula is C29H42F3N3O4. The first-order chi connectivity index (χ1) is 18.1. The monoisotopic (exact) mass is 553 g/mol. The third-order valence-corrected chi connectivity index (χ3v) is 7.32. The van der Waals surface area contributed by atoms with Crippen LogP contribution in [0, 0.1) is 0 Å². The highest BCUT2D eigenvalue weighted by Crippen LogP contribution is 2.44. The number of nitrogens with zero attached hydrogens (tertiary/aromatic N) is 3. The number of ether oxygens (including phenoxy) is 2. The maximum absolute atomic E-state index is 13.3. The van der Waals surface area contributed by atoms with Crippen LogP contribution in [-0.2, 0) is 25.2 Å². The smallest absolute Gasteiger partial charge is 0.416 e. The second-order valence-corrected chi connectivity index (χ2v) is 10.0. The van der Waals surface area contributed by atoms with Gasteiger partial charge in [0.05, 0.1) is 18.2 Å². The fourth-order valence-electron chi connectivity index (χ4n) is 5.34. The summed E-state index contributed by atoms with van der Waals surface area (Å²) in [6, 6.07) is 4.84. The Balaban J connectivity index is 0.00000533. The van der Waals surface area contributed by atoms with Gasteiger partial charge in [-0.2, -0.15) is 13.2 Å². The number of carbonyl (C=O) groups excluding carboxylic acids is 2. The summed E-state index contributed by atoms with van der Waals surface area (Å²) < 4.78 is 50.4. The second-order valence-electron chi connectivity index (χ2n) is 10.0. The molecule has 2 aliphatic rings. The van der Waals surface area contributed by atoms with Crippen molar-refractivity contribution in [2.45, 2.75) is 51.6 Å². The largest absolute Gasteiger partial charge is 0.466 e. The van der Waals surface area contributed by atoms with Gasteiger partial charge < -0.3 is 24.2 Å². The van der Waals surface area contributed by atoms with Crippen molar-refractivity contribution in [3.8, 4) is 0 Å². The van der Waals surface area contributed by atoms with E-state index in [4.69, 9.17) is 9.47 Å². The highest BCUT2D eigenvalue weighted by molar-refractivity contribution is 5.92. The summed E-state index contributed by atoms with van der Waals surface area (Å²) in [5.41, 5.74) is 2.41. The number of alkyl halides is 3. The maximum atomic E-state index is 13.3. The first-order valence-corrected chi connectivity index (χ1v) is 12.9. The van der Waals surface area contributed by atoms with Gasteiger partial charge in [0.15, 0.2) is 0 Å². The molecule has 1 unspecified atom stereocenters. The van der Waals surface area contributed by atoms with E-state index in [-0.39, 0.29) is 14.0 Å². The van der Waals surface area contributed by atoms with Gasteiger partial charge in [-0.1, -0.05) is 26.0 Å². The van der Waals surface area contributed by atoms with Crippen LogP contribution >= 0.6 is 0 Å². The van der Waals surface area contributed by atoms with E-state index < -0.39 is 23.6 Å². The number of piperidine rings is 1. The molecule has 1 aromatic rings. The Morgan fingerprint density at radius 1 is 1.08 bits per heavy atom. The van der Waals surface area contributed by atoms with E-state index in [1.807, 2.05) is 30.9 Å². The van der Waals surface area contributed by atoms with Gasteiger partial charge in [0.1, 0.15) is 6.61 Å². The number of hydrogen-bond donors (Lipinski definition) is 0. The first-order valence-electron chi connectivity index (χ1n) is 12.9. The van der Waals surface area contributed by atoms with Crippen LogP contribution in [0.5, 0.6) is 0 Å². The van der Waals surface area contributed by atoms with Crippen LogP contribution < -0.4 is 0 Å². The first kappa shape index (κ1) is 32.4. The van der Waals surface area contributed by atoms with E-state index in [0.717, 1.165) is 56.0 Å². The Kier molecular flexibility index (Phi) is 12.0. The average Bonchev–Trinajstić information content (AvgIpc) is 2.89. The molecule has 0 spiro atoms. The van der Waals surface area contributed by atoms with E-state index in [9.17, 15) is 22.8 Å². The zero-order chi connectivity index (χ0) is 27.9. The molecule has 1 fully saturated rings. The average molecular weight is 554 g/mol. The van der Waals surface area contributed by atoms with Crippen molar-refractivity contribution in [2.75, 3.05) is 61.0 Å². The quantitative estimate of drug-likeness (QED) is 0.281. The van der Waals surface area contributed by atoms with Crippen LogP contribution in [-0.4, -0.2) is 88.2 Å². The molecule has 2 heterocycles.